The smallest absolute Gasteiger partial charge is 0.377 e. The van der Waals surface area contributed by atoms with Crippen molar-refractivity contribution in [2.24, 2.45) is 0 Å². The van der Waals surface area contributed by atoms with E-state index in [0.717, 1.165) is 0 Å². The predicted molar refractivity (Wildman–Crippen MR) is 174 cm³/mol. The predicted octanol–water partition coefficient (Wildman–Crippen LogP) is 2.58. The zero-order valence-electron chi connectivity index (χ0n) is 29.6. The summed E-state index contributed by atoms with van der Waals surface area (Å²) in [5.74, 6) is 0. The van der Waals surface area contributed by atoms with Gasteiger partial charge in [0.05, 0.1) is 12.3 Å². The lowest BCUT2D eigenvalue weighted by Crippen LogP contribution is -2.53. The monoisotopic (exact) mass is 686 g/mol. The van der Waals surface area contributed by atoms with Gasteiger partial charge in [0.1, 0.15) is 0 Å². The summed E-state index contributed by atoms with van der Waals surface area (Å²) in [5, 5.41) is 6.00. The van der Waals surface area contributed by atoms with Crippen LogP contribution >= 0.6 is 0 Å². The molecule has 0 saturated heterocycles. The van der Waals surface area contributed by atoms with Crippen LogP contribution in [0.4, 0.5) is 0 Å². The van der Waals surface area contributed by atoms with E-state index in [9.17, 15) is 0 Å². The average Bonchev–Trinajstić information content (AvgIpc) is 2.97. The van der Waals surface area contributed by atoms with E-state index >= 15 is 0 Å². The van der Waals surface area contributed by atoms with Crippen LogP contribution in [0.3, 0.4) is 0 Å². The lowest BCUT2D eigenvalue weighted by Gasteiger charge is -2.27. The molecule has 18 heteroatoms. The number of hydrogen-bond donors (Lipinski definition) is 2. The van der Waals surface area contributed by atoms with Gasteiger partial charge in [-0.3, -0.25) is 0 Å². The molecular weight excluding hydrogens is 621 g/mol. The topological polar surface area (TPSA) is 135 Å². The van der Waals surface area contributed by atoms with Gasteiger partial charge in [0.15, 0.2) is 0 Å². The molecule has 0 bridgehead atoms. The van der Waals surface area contributed by atoms with Gasteiger partial charge in [-0.05, 0) is 55.6 Å². The lowest BCUT2D eigenvalue weighted by atomic mass is 10.9. The highest BCUT2D eigenvalue weighted by Crippen LogP contribution is 2.09. The Kier molecular flexibility index (Phi) is 36.7. The Hall–Kier alpha value is 0.308. The van der Waals surface area contributed by atoms with Gasteiger partial charge in [0.2, 0.25) is 0 Å². The first-order valence-corrected chi connectivity index (χ1v) is 22.6. The van der Waals surface area contributed by atoms with Gasteiger partial charge in [-0.15, -0.1) is 0 Å². The minimum atomic E-state index is -2.41. The largest absolute Gasteiger partial charge is 0.515 e. The number of rotatable bonds is 22. The molecule has 14 nitrogen and oxygen atoms in total. The quantitative estimate of drug-likeness (QED) is 0.162. The molecule has 0 saturated carbocycles. The van der Waals surface area contributed by atoms with Crippen LogP contribution in [0.25, 0.3) is 0 Å². The van der Waals surface area contributed by atoms with E-state index in [4.69, 9.17) is 53.1 Å². The summed E-state index contributed by atoms with van der Waals surface area (Å²) in [7, 11) is 4.08. The second kappa shape index (κ2) is 31.3. The summed E-state index contributed by atoms with van der Waals surface area (Å²) in [6, 6.07) is 0. The minimum absolute atomic E-state index is 0.633. The Morgan fingerprint density at radius 1 is 0.381 bits per heavy atom. The summed E-state index contributed by atoms with van der Waals surface area (Å²) >= 11 is 0. The maximum atomic E-state index is 5.58. The van der Waals surface area contributed by atoms with Crippen molar-refractivity contribution < 1.29 is 53.1 Å². The molecular formula is C24H66N2O12Si4. The van der Waals surface area contributed by atoms with E-state index in [1.165, 1.54) is 0 Å². The Bertz CT molecular complexity index is 493. The Labute approximate surface area is 262 Å². The molecule has 0 fully saturated rings. The third-order valence-corrected chi connectivity index (χ3v) is 15.4. The van der Waals surface area contributed by atoms with Gasteiger partial charge >= 0.3 is 35.2 Å². The summed E-state index contributed by atoms with van der Waals surface area (Å²) < 4.78 is 63.1. The molecule has 0 amide bonds. The van der Waals surface area contributed by atoms with Crippen molar-refractivity contribution in [1.82, 2.24) is 10.6 Å². The molecule has 0 spiro atoms. The third kappa shape index (κ3) is 24.6. The fraction of sp³-hybridized carbons (Fsp3) is 1.00. The van der Waals surface area contributed by atoms with Crippen molar-refractivity contribution in [1.29, 1.82) is 0 Å². The molecule has 0 aliphatic carbocycles. The van der Waals surface area contributed by atoms with Crippen molar-refractivity contribution in [2.45, 2.75) is 54.6 Å². The molecule has 0 aromatic carbocycles. The molecule has 0 aliphatic rings. The minimum Gasteiger partial charge on any atom is -0.377 e. The Balaban J connectivity index is -0.000000232. The molecule has 0 aromatic heterocycles. The van der Waals surface area contributed by atoms with Crippen LogP contribution < -0.4 is 10.6 Å². The molecule has 0 aliphatic heterocycles. The van der Waals surface area contributed by atoms with E-state index in [1.54, 1.807) is 42.7 Å². The fourth-order valence-corrected chi connectivity index (χ4v) is 9.00. The van der Waals surface area contributed by atoms with Gasteiger partial charge in [-0.25, -0.2) is 0 Å². The van der Waals surface area contributed by atoms with Crippen LogP contribution in [0.15, 0.2) is 0 Å². The first kappa shape index (κ1) is 49.2. The van der Waals surface area contributed by atoms with Gasteiger partial charge in [-0.1, -0.05) is 0 Å². The zero-order valence-corrected chi connectivity index (χ0v) is 33.6. The molecule has 42 heavy (non-hydrogen) atoms. The Morgan fingerprint density at radius 2 is 0.643 bits per heavy atom. The van der Waals surface area contributed by atoms with Crippen LogP contribution in [0.5, 0.6) is 0 Å². The summed E-state index contributed by atoms with van der Waals surface area (Å²) in [5.41, 5.74) is 0. The molecule has 0 aromatic rings. The van der Waals surface area contributed by atoms with Crippen molar-refractivity contribution in [3.05, 3.63) is 0 Å². The SMILES string of the molecule is CCO[Si](C)(OCC)OCC.CCO[Si](CNC)(OCC)OCC.CNC[Si](OC)(OC)OC.CO[Si](C)(OC)OC. The van der Waals surface area contributed by atoms with Crippen molar-refractivity contribution >= 4 is 35.2 Å². The first-order valence-electron chi connectivity index (χ1n) is 14.3. The Morgan fingerprint density at radius 3 is 0.786 bits per heavy atom. The molecule has 0 radical (unpaired) electrons. The summed E-state index contributed by atoms with van der Waals surface area (Å²) in [6.45, 7) is 19.3. The fourth-order valence-electron chi connectivity index (χ4n) is 3.00. The van der Waals surface area contributed by atoms with Crippen molar-refractivity contribution in [3.8, 4) is 0 Å². The van der Waals surface area contributed by atoms with E-state index in [1.807, 2.05) is 68.7 Å². The third-order valence-electron chi connectivity index (χ3n) is 5.14. The summed E-state index contributed by atoms with van der Waals surface area (Å²) in [4.78, 5) is 0. The van der Waals surface area contributed by atoms with Crippen LogP contribution in [-0.4, -0.2) is 144 Å². The molecule has 0 unspecified atom stereocenters. The number of nitrogens with one attached hydrogen (secondary N) is 2. The molecule has 0 heterocycles. The van der Waals surface area contributed by atoms with Crippen LogP contribution in [0.2, 0.25) is 13.1 Å². The average molecular weight is 687 g/mol. The van der Waals surface area contributed by atoms with Gasteiger partial charge in [0, 0.05) is 95.4 Å². The lowest BCUT2D eigenvalue weighted by molar-refractivity contribution is 0.0706. The maximum Gasteiger partial charge on any atom is 0.515 e. The standard InChI is InChI=1S/C8H21NO3Si.C7H18O3Si.C5H15NO3Si.C4H12O3Si/c1-5-10-13(8-9-4,11-6-2)12-7-3;1-5-8-11(4,9-6-2)10-7-3;1-6-5-10(7-2,8-3)9-4;1-5-8(4,6-2)7-3/h9H,5-8H2,1-4H3;5-7H2,1-4H3;6H,5H2,1-4H3;1-4H3. The van der Waals surface area contributed by atoms with Crippen LogP contribution in [0, 0.1) is 0 Å². The molecule has 2 N–H and O–H groups in total. The highest BCUT2D eigenvalue weighted by Gasteiger charge is 2.39. The maximum absolute atomic E-state index is 5.58. The van der Waals surface area contributed by atoms with E-state index in [2.05, 4.69) is 10.6 Å². The van der Waals surface area contributed by atoms with Gasteiger partial charge in [-0.2, -0.15) is 0 Å². The highest BCUT2D eigenvalue weighted by atomic mass is 28.4. The molecule has 0 rings (SSSR count). The number of hydrogen-bond acceptors (Lipinski definition) is 14. The normalized spacial score (nSPS) is 12.0. The van der Waals surface area contributed by atoms with Gasteiger partial charge in [0.25, 0.3) is 0 Å². The molecule has 0 atom stereocenters. The van der Waals surface area contributed by atoms with Crippen LogP contribution in [0.1, 0.15) is 41.5 Å². The van der Waals surface area contributed by atoms with Crippen LogP contribution in [-0.2, 0) is 53.1 Å². The zero-order chi connectivity index (χ0) is 33.6. The van der Waals surface area contributed by atoms with E-state index < -0.39 is 35.2 Å². The summed E-state index contributed by atoms with van der Waals surface area (Å²) in [6.07, 6.45) is 1.30. The van der Waals surface area contributed by atoms with E-state index in [0.29, 0.717) is 52.0 Å². The van der Waals surface area contributed by atoms with E-state index in [-0.39, 0.29) is 0 Å². The second-order valence-electron chi connectivity index (χ2n) is 7.97. The first-order chi connectivity index (χ1) is 19.8. The van der Waals surface area contributed by atoms with Crippen molar-refractivity contribution in [3.63, 3.8) is 0 Å². The second-order valence-corrected chi connectivity index (χ2v) is 19.0. The van der Waals surface area contributed by atoms with Gasteiger partial charge < -0.3 is 63.7 Å². The highest BCUT2D eigenvalue weighted by molar-refractivity contribution is 6.61. The van der Waals surface area contributed by atoms with Crippen molar-refractivity contribution in [2.75, 3.05) is 109 Å². The molecule has 260 valence electrons.